The highest BCUT2D eigenvalue weighted by atomic mass is 35.5. The fourth-order valence-electron chi connectivity index (χ4n) is 4.28. The molecule has 0 aromatic heterocycles. The Hall–Kier alpha value is -3.11. The van der Waals surface area contributed by atoms with Gasteiger partial charge in [-0.25, -0.2) is 8.42 Å². The molecule has 0 fully saturated rings. The lowest BCUT2D eigenvalue weighted by atomic mass is 9.93. The Labute approximate surface area is 235 Å². The number of anilines is 1. The van der Waals surface area contributed by atoms with Gasteiger partial charge in [0.2, 0.25) is 15.9 Å². The van der Waals surface area contributed by atoms with E-state index in [0.717, 1.165) is 28.5 Å². The minimum Gasteiger partial charge on any atom is -0.506 e. The van der Waals surface area contributed by atoms with E-state index in [9.17, 15) is 23.4 Å². The molecule has 0 bridgehead atoms. The molecule has 3 aromatic rings. The Bertz CT molecular complexity index is 1410. The number of aliphatic hydroxyl groups is 1. The number of phenolic OH excluding ortho intramolecular Hbond substituents is 1. The van der Waals surface area contributed by atoms with E-state index in [0.29, 0.717) is 23.6 Å². The molecular formula is C29H36ClN3O5S. The van der Waals surface area contributed by atoms with Crippen molar-refractivity contribution in [3.05, 3.63) is 93.5 Å². The number of β-amino-alcohol motifs (C(OH)–C–C–N with tert-alkyl or cyclic N) is 1. The molecule has 3 aromatic carbocycles. The Morgan fingerprint density at radius 1 is 1.05 bits per heavy atom. The molecule has 5 N–H and O–H groups in total. The van der Waals surface area contributed by atoms with Gasteiger partial charge in [-0.15, -0.1) is 0 Å². The molecule has 0 heterocycles. The number of aromatic hydroxyl groups is 1. The van der Waals surface area contributed by atoms with Gasteiger partial charge in [0.15, 0.2) is 0 Å². The van der Waals surface area contributed by atoms with Crippen molar-refractivity contribution in [1.82, 2.24) is 10.6 Å². The number of sulfonamides is 1. The van der Waals surface area contributed by atoms with Crippen molar-refractivity contribution in [1.29, 1.82) is 0 Å². The maximum Gasteiger partial charge on any atom is 0.229 e. The smallest absolute Gasteiger partial charge is 0.229 e. The SMILES string of the molecule is Cc1cccc(Cl)c1CNC(=O)Cc1cccc(CC(C)(C)NC[C@H](O)c2ccc(O)c(NS(C)(=O)=O)c2)c1. The summed E-state index contributed by atoms with van der Waals surface area (Å²) in [6.45, 7) is 6.57. The molecular weight excluding hydrogens is 538 g/mol. The zero-order valence-electron chi connectivity index (χ0n) is 22.6. The number of hydrogen-bond acceptors (Lipinski definition) is 6. The standard InChI is InChI=1S/C29H36ClN3O5S/c1-19-7-5-10-24(30)23(19)17-31-28(36)14-20-8-6-9-21(13-20)16-29(2,3)32-18-27(35)22-11-12-26(34)25(15-22)33-39(4,37)38/h5-13,15,27,32-35H,14,16-18H2,1-4H3,(H,31,36)/t27-/m0/s1. The number of carbonyl (C=O) groups is 1. The van der Waals surface area contributed by atoms with Crippen molar-refractivity contribution in [2.24, 2.45) is 0 Å². The third-order valence-electron chi connectivity index (χ3n) is 6.29. The van der Waals surface area contributed by atoms with Crippen LogP contribution in [0, 0.1) is 6.92 Å². The molecule has 0 saturated heterocycles. The molecule has 0 unspecified atom stereocenters. The van der Waals surface area contributed by atoms with Gasteiger partial charge < -0.3 is 20.8 Å². The highest BCUT2D eigenvalue weighted by Gasteiger charge is 2.21. The molecule has 210 valence electrons. The summed E-state index contributed by atoms with van der Waals surface area (Å²) in [4.78, 5) is 12.6. The van der Waals surface area contributed by atoms with E-state index in [-0.39, 0.29) is 30.3 Å². The summed E-state index contributed by atoms with van der Waals surface area (Å²) in [6, 6.07) is 17.8. The number of carbonyl (C=O) groups excluding carboxylic acids is 1. The highest BCUT2D eigenvalue weighted by molar-refractivity contribution is 7.92. The molecule has 8 nitrogen and oxygen atoms in total. The van der Waals surface area contributed by atoms with E-state index >= 15 is 0 Å². The van der Waals surface area contributed by atoms with E-state index < -0.39 is 21.7 Å². The second-order valence-corrected chi connectivity index (χ2v) is 12.6. The van der Waals surface area contributed by atoms with Crippen molar-refractivity contribution in [3.8, 4) is 5.75 Å². The number of amides is 1. The third-order valence-corrected chi connectivity index (χ3v) is 7.24. The van der Waals surface area contributed by atoms with Gasteiger partial charge >= 0.3 is 0 Å². The largest absolute Gasteiger partial charge is 0.506 e. The van der Waals surface area contributed by atoms with Crippen molar-refractivity contribution in [2.75, 3.05) is 17.5 Å². The number of phenols is 1. The normalized spacial score (nSPS) is 12.7. The highest BCUT2D eigenvalue weighted by Crippen LogP contribution is 2.28. The van der Waals surface area contributed by atoms with Crippen LogP contribution in [0.4, 0.5) is 5.69 Å². The molecule has 3 rings (SSSR count). The average molecular weight is 574 g/mol. The van der Waals surface area contributed by atoms with Crippen LogP contribution in [0.3, 0.4) is 0 Å². The summed E-state index contributed by atoms with van der Waals surface area (Å²) < 4.78 is 25.3. The van der Waals surface area contributed by atoms with Crippen molar-refractivity contribution >= 4 is 33.2 Å². The number of rotatable bonds is 12. The number of nitrogens with one attached hydrogen (secondary N) is 3. The minimum atomic E-state index is -3.58. The van der Waals surface area contributed by atoms with Gasteiger partial charge in [-0.1, -0.05) is 54.1 Å². The Balaban J connectivity index is 1.56. The number of aryl methyl sites for hydroxylation is 1. The van der Waals surface area contributed by atoms with Gasteiger partial charge in [0, 0.05) is 23.7 Å². The lowest BCUT2D eigenvalue weighted by molar-refractivity contribution is -0.120. The predicted molar refractivity (Wildman–Crippen MR) is 156 cm³/mol. The van der Waals surface area contributed by atoms with Crippen LogP contribution in [0.25, 0.3) is 0 Å². The maximum absolute atomic E-state index is 12.6. The number of hydrogen-bond donors (Lipinski definition) is 5. The van der Waals surface area contributed by atoms with Crippen molar-refractivity contribution < 1.29 is 23.4 Å². The van der Waals surface area contributed by atoms with E-state index in [1.54, 1.807) is 6.07 Å². The summed E-state index contributed by atoms with van der Waals surface area (Å²) in [5.74, 6) is -0.317. The molecule has 0 saturated carbocycles. The van der Waals surface area contributed by atoms with Gasteiger partial charge in [-0.2, -0.15) is 0 Å². The van der Waals surface area contributed by atoms with Gasteiger partial charge in [-0.05, 0) is 73.2 Å². The third kappa shape index (κ3) is 9.54. The number of halogens is 1. The number of benzene rings is 3. The molecule has 0 aliphatic rings. The van der Waals surface area contributed by atoms with E-state index in [1.807, 2.05) is 63.2 Å². The summed E-state index contributed by atoms with van der Waals surface area (Å²) in [5, 5.41) is 27.6. The monoisotopic (exact) mass is 573 g/mol. The molecule has 0 radical (unpaired) electrons. The van der Waals surface area contributed by atoms with Crippen molar-refractivity contribution in [3.63, 3.8) is 0 Å². The van der Waals surface area contributed by atoms with Gasteiger partial charge in [0.05, 0.1) is 24.5 Å². The molecule has 1 atom stereocenters. The summed E-state index contributed by atoms with van der Waals surface area (Å²) in [7, 11) is -3.58. The second kappa shape index (κ2) is 12.8. The van der Waals surface area contributed by atoms with E-state index in [4.69, 9.17) is 11.6 Å². The Morgan fingerprint density at radius 2 is 1.74 bits per heavy atom. The van der Waals surface area contributed by atoms with Crippen LogP contribution in [0.2, 0.25) is 5.02 Å². The Kier molecular flexibility index (Phi) is 10.0. The first-order valence-corrected chi connectivity index (χ1v) is 14.8. The van der Waals surface area contributed by atoms with Crippen molar-refractivity contribution in [2.45, 2.75) is 51.8 Å². The quantitative estimate of drug-likeness (QED) is 0.206. The van der Waals surface area contributed by atoms with Gasteiger partial charge in [-0.3, -0.25) is 9.52 Å². The molecule has 0 aliphatic heterocycles. The van der Waals surface area contributed by atoms with E-state index in [2.05, 4.69) is 15.4 Å². The van der Waals surface area contributed by atoms with Gasteiger partial charge in [0.1, 0.15) is 5.75 Å². The van der Waals surface area contributed by atoms with Gasteiger partial charge in [0.25, 0.3) is 0 Å². The fourth-order valence-corrected chi connectivity index (χ4v) is 5.13. The Morgan fingerprint density at radius 3 is 2.44 bits per heavy atom. The molecule has 39 heavy (non-hydrogen) atoms. The first kappa shape index (κ1) is 30.4. The van der Waals surface area contributed by atoms with Crippen LogP contribution in [0.15, 0.2) is 60.7 Å². The zero-order valence-corrected chi connectivity index (χ0v) is 24.2. The minimum absolute atomic E-state index is 0.0103. The fraction of sp³-hybridized carbons (Fsp3) is 0.345. The molecule has 0 aliphatic carbocycles. The number of aliphatic hydroxyl groups excluding tert-OH is 1. The van der Waals surface area contributed by atoms with E-state index in [1.165, 1.54) is 12.1 Å². The second-order valence-electron chi connectivity index (χ2n) is 10.4. The lowest BCUT2D eigenvalue weighted by Gasteiger charge is -2.28. The maximum atomic E-state index is 12.6. The summed E-state index contributed by atoms with van der Waals surface area (Å²) >= 11 is 6.26. The predicted octanol–water partition coefficient (Wildman–Crippen LogP) is 4.23. The first-order valence-electron chi connectivity index (χ1n) is 12.5. The zero-order chi connectivity index (χ0) is 28.8. The summed E-state index contributed by atoms with van der Waals surface area (Å²) in [5.41, 5.74) is 3.95. The molecule has 0 spiro atoms. The molecule has 10 heteroatoms. The van der Waals surface area contributed by atoms with Crippen LogP contribution in [0.1, 0.15) is 47.8 Å². The topological polar surface area (TPSA) is 128 Å². The van der Waals surface area contributed by atoms with Crippen LogP contribution in [-0.4, -0.2) is 42.9 Å². The van der Waals surface area contributed by atoms with Crippen LogP contribution >= 0.6 is 11.6 Å². The van der Waals surface area contributed by atoms with Crippen LogP contribution in [-0.2, 0) is 34.2 Å². The average Bonchev–Trinajstić information content (AvgIpc) is 2.83. The molecule has 1 amide bonds. The summed E-state index contributed by atoms with van der Waals surface area (Å²) in [6.07, 6.45) is 0.948. The van der Waals surface area contributed by atoms with Crippen LogP contribution < -0.4 is 15.4 Å². The lowest BCUT2D eigenvalue weighted by Crippen LogP contribution is -2.43. The van der Waals surface area contributed by atoms with Crippen LogP contribution in [0.5, 0.6) is 5.75 Å². The first-order chi connectivity index (χ1) is 18.2.